The lowest BCUT2D eigenvalue weighted by Gasteiger charge is -2.09. The van der Waals surface area contributed by atoms with Gasteiger partial charge in [0.25, 0.3) is 0 Å². The molecule has 0 aliphatic heterocycles. The maximum absolute atomic E-state index is 9.19. The van der Waals surface area contributed by atoms with E-state index in [0.29, 0.717) is 18.7 Å². The van der Waals surface area contributed by atoms with E-state index >= 15 is 0 Å². The van der Waals surface area contributed by atoms with Crippen molar-refractivity contribution in [3.8, 4) is 6.07 Å². The van der Waals surface area contributed by atoms with Crippen molar-refractivity contribution in [2.75, 3.05) is 0 Å². The minimum Gasteiger partial charge on any atom is -0.340 e. The number of fused-ring (bicyclic) bond motifs is 1. The van der Waals surface area contributed by atoms with E-state index in [-0.39, 0.29) is 0 Å². The molecule has 0 atom stereocenters. The smallest absolute Gasteiger partial charge is 0.0991 e. The summed E-state index contributed by atoms with van der Waals surface area (Å²) in [6, 6.07) is 26.0. The highest BCUT2D eigenvalue weighted by Crippen LogP contribution is 2.26. The third-order valence-electron chi connectivity index (χ3n) is 5.19. The Balaban J connectivity index is 1.61. The molecule has 5 heteroatoms. The van der Waals surface area contributed by atoms with Crippen molar-refractivity contribution in [3.05, 3.63) is 106 Å². The number of hydrogen-bond donors (Lipinski definition) is 1. The zero-order valence-corrected chi connectivity index (χ0v) is 17.4. The van der Waals surface area contributed by atoms with Crippen LogP contribution in [0, 0.1) is 18.3 Å². The van der Waals surface area contributed by atoms with Crippen molar-refractivity contribution >= 4 is 28.7 Å². The molecule has 4 nitrogen and oxygen atoms in total. The summed E-state index contributed by atoms with van der Waals surface area (Å²) in [4.78, 5) is 0. The van der Waals surface area contributed by atoms with E-state index in [4.69, 9.17) is 11.6 Å². The standard InChI is InChI=1S/C25H21ClN4/c1-18-23(16-29-28-15-21-9-2-4-11-24(21)26)22-10-3-5-12-25(22)30(18)17-20-8-6-7-19(13-20)14-27/h2-13,16,28H,15,17H2,1H3/b29-16-. The quantitative estimate of drug-likeness (QED) is 0.329. The Labute approximate surface area is 181 Å². The molecule has 0 fully saturated rings. The molecule has 0 bridgehead atoms. The van der Waals surface area contributed by atoms with E-state index < -0.39 is 0 Å². The summed E-state index contributed by atoms with van der Waals surface area (Å²) >= 11 is 6.21. The van der Waals surface area contributed by atoms with Crippen molar-refractivity contribution < 1.29 is 0 Å². The topological polar surface area (TPSA) is 53.1 Å². The van der Waals surface area contributed by atoms with E-state index in [9.17, 15) is 5.26 Å². The van der Waals surface area contributed by atoms with Crippen LogP contribution in [0.5, 0.6) is 0 Å². The van der Waals surface area contributed by atoms with Crippen LogP contribution < -0.4 is 5.43 Å². The second kappa shape index (κ2) is 8.86. The van der Waals surface area contributed by atoms with Crippen molar-refractivity contribution in [1.82, 2.24) is 9.99 Å². The van der Waals surface area contributed by atoms with Gasteiger partial charge in [0, 0.05) is 33.7 Å². The minimum atomic E-state index is 0.564. The van der Waals surface area contributed by atoms with Gasteiger partial charge in [-0.3, -0.25) is 0 Å². The average molecular weight is 413 g/mol. The summed E-state index contributed by atoms with van der Waals surface area (Å²) in [5.41, 5.74) is 9.22. The number of hydrogen-bond acceptors (Lipinski definition) is 3. The third kappa shape index (κ3) is 4.07. The van der Waals surface area contributed by atoms with Crippen LogP contribution in [0.1, 0.15) is 27.9 Å². The first-order chi connectivity index (χ1) is 14.7. The molecule has 0 spiro atoms. The van der Waals surface area contributed by atoms with Crippen molar-refractivity contribution in [2.45, 2.75) is 20.0 Å². The van der Waals surface area contributed by atoms with Crippen LogP contribution in [0.25, 0.3) is 10.9 Å². The van der Waals surface area contributed by atoms with Crippen LogP contribution >= 0.6 is 11.6 Å². The molecule has 0 aliphatic carbocycles. The van der Waals surface area contributed by atoms with E-state index in [1.165, 1.54) is 0 Å². The Bertz CT molecular complexity index is 1260. The summed E-state index contributed by atoms with van der Waals surface area (Å²) in [7, 11) is 0. The molecule has 0 amide bonds. The first kappa shape index (κ1) is 19.8. The van der Waals surface area contributed by atoms with Crippen LogP contribution in [-0.2, 0) is 13.1 Å². The molecule has 148 valence electrons. The molecule has 30 heavy (non-hydrogen) atoms. The Morgan fingerprint density at radius 2 is 1.87 bits per heavy atom. The van der Waals surface area contributed by atoms with Crippen LogP contribution in [0.15, 0.2) is 77.9 Å². The largest absolute Gasteiger partial charge is 0.340 e. The fourth-order valence-corrected chi connectivity index (χ4v) is 3.83. The van der Waals surface area contributed by atoms with Crippen molar-refractivity contribution in [3.63, 3.8) is 0 Å². The number of nitriles is 1. The van der Waals surface area contributed by atoms with Gasteiger partial charge in [0.2, 0.25) is 0 Å². The second-order valence-electron chi connectivity index (χ2n) is 7.10. The third-order valence-corrected chi connectivity index (χ3v) is 5.56. The Kier molecular flexibility index (Phi) is 5.83. The monoisotopic (exact) mass is 412 g/mol. The first-order valence-electron chi connectivity index (χ1n) is 9.73. The molecule has 1 aromatic heterocycles. The lowest BCUT2D eigenvalue weighted by Crippen LogP contribution is -2.06. The van der Waals surface area contributed by atoms with Gasteiger partial charge in [0.1, 0.15) is 0 Å². The van der Waals surface area contributed by atoms with Gasteiger partial charge in [0.15, 0.2) is 0 Å². The normalized spacial score (nSPS) is 11.1. The van der Waals surface area contributed by atoms with Crippen LogP contribution in [-0.4, -0.2) is 10.8 Å². The molecule has 0 radical (unpaired) electrons. The number of nitrogens with zero attached hydrogens (tertiary/aromatic N) is 3. The van der Waals surface area contributed by atoms with Gasteiger partial charge < -0.3 is 9.99 Å². The molecule has 0 unspecified atom stereocenters. The fourth-order valence-electron chi connectivity index (χ4n) is 3.63. The molecule has 1 N–H and O–H groups in total. The van der Waals surface area contributed by atoms with Gasteiger partial charge >= 0.3 is 0 Å². The number of aromatic nitrogens is 1. The Hall–Kier alpha value is -3.55. The van der Waals surface area contributed by atoms with E-state index in [2.05, 4.69) is 40.2 Å². The highest BCUT2D eigenvalue weighted by molar-refractivity contribution is 6.31. The van der Waals surface area contributed by atoms with Crippen molar-refractivity contribution in [2.24, 2.45) is 5.10 Å². The SMILES string of the molecule is Cc1c(/C=N\NCc2ccccc2Cl)c2ccccc2n1Cc1cccc(C#N)c1. The molecule has 0 saturated heterocycles. The number of benzene rings is 3. The second-order valence-corrected chi connectivity index (χ2v) is 7.51. The number of rotatable bonds is 6. The molecule has 3 aromatic carbocycles. The Morgan fingerprint density at radius 3 is 2.70 bits per heavy atom. The van der Waals surface area contributed by atoms with Gasteiger partial charge in [-0.05, 0) is 42.3 Å². The summed E-state index contributed by atoms with van der Waals surface area (Å²) in [5.74, 6) is 0. The van der Waals surface area contributed by atoms with E-state index in [1.807, 2.05) is 66.9 Å². The Morgan fingerprint density at radius 1 is 1.07 bits per heavy atom. The summed E-state index contributed by atoms with van der Waals surface area (Å²) in [6.45, 7) is 3.36. The summed E-state index contributed by atoms with van der Waals surface area (Å²) < 4.78 is 2.27. The van der Waals surface area contributed by atoms with Gasteiger partial charge in [-0.1, -0.05) is 60.1 Å². The van der Waals surface area contributed by atoms with E-state index in [1.54, 1.807) is 0 Å². The zero-order chi connectivity index (χ0) is 20.9. The van der Waals surface area contributed by atoms with Gasteiger partial charge in [-0.15, -0.1) is 0 Å². The first-order valence-corrected chi connectivity index (χ1v) is 10.1. The molecule has 0 saturated carbocycles. The van der Waals surface area contributed by atoms with Crippen LogP contribution in [0.2, 0.25) is 5.02 Å². The summed E-state index contributed by atoms with van der Waals surface area (Å²) in [6.07, 6.45) is 1.87. The number of hydrazone groups is 1. The average Bonchev–Trinajstić information content (AvgIpc) is 3.04. The number of nitrogens with one attached hydrogen (secondary N) is 1. The lowest BCUT2D eigenvalue weighted by molar-refractivity contribution is 0.748. The molecule has 0 aliphatic rings. The van der Waals surface area contributed by atoms with Gasteiger partial charge in [-0.25, -0.2) is 0 Å². The number of para-hydroxylation sites is 1. The van der Waals surface area contributed by atoms with E-state index in [0.717, 1.165) is 38.3 Å². The van der Waals surface area contributed by atoms with Crippen molar-refractivity contribution in [1.29, 1.82) is 5.26 Å². The predicted molar refractivity (Wildman–Crippen MR) is 123 cm³/mol. The maximum atomic E-state index is 9.19. The highest BCUT2D eigenvalue weighted by Gasteiger charge is 2.13. The zero-order valence-electron chi connectivity index (χ0n) is 16.6. The number of halogens is 1. The molecular formula is C25H21ClN4. The predicted octanol–water partition coefficient (Wildman–Crippen LogP) is 5.65. The van der Waals surface area contributed by atoms with Crippen LogP contribution in [0.3, 0.4) is 0 Å². The maximum Gasteiger partial charge on any atom is 0.0991 e. The van der Waals surface area contributed by atoms with Gasteiger partial charge in [0.05, 0.1) is 24.4 Å². The fraction of sp³-hybridized carbons (Fsp3) is 0.120. The molecule has 1 heterocycles. The summed E-state index contributed by atoms with van der Waals surface area (Å²) in [5, 5.41) is 15.5. The molecule has 4 aromatic rings. The van der Waals surface area contributed by atoms with Crippen LogP contribution in [0.4, 0.5) is 0 Å². The van der Waals surface area contributed by atoms with Gasteiger partial charge in [-0.2, -0.15) is 10.4 Å². The minimum absolute atomic E-state index is 0.564. The lowest BCUT2D eigenvalue weighted by atomic mass is 10.1. The molecule has 4 rings (SSSR count). The molecular weight excluding hydrogens is 392 g/mol. The highest BCUT2D eigenvalue weighted by atomic mass is 35.5.